The smallest absolute Gasteiger partial charge is 0.326 e. The SMILES string of the molecule is CC1CCCN(C(=O)NC2CNC(=O)C2)C1C(=O)O. The van der Waals surface area contributed by atoms with Gasteiger partial charge < -0.3 is 20.6 Å². The molecule has 0 aliphatic carbocycles. The summed E-state index contributed by atoms with van der Waals surface area (Å²) >= 11 is 0. The van der Waals surface area contributed by atoms with E-state index in [4.69, 9.17) is 0 Å². The monoisotopic (exact) mass is 269 g/mol. The van der Waals surface area contributed by atoms with E-state index in [9.17, 15) is 19.5 Å². The Labute approximate surface area is 111 Å². The minimum atomic E-state index is -0.969. The molecule has 0 aromatic heterocycles. The second-order valence-electron chi connectivity index (χ2n) is 5.25. The maximum Gasteiger partial charge on any atom is 0.326 e. The van der Waals surface area contributed by atoms with Crippen molar-refractivity contribution in [2.45, 2.75) is 38.3 Å². The fraction of sp³-hybridized carbons (Fsp3) is 0.750. The summed E-state index contributed by atoms with van der Waals surface area (Å²) in [7, 11) is 0. The molecule has 2 aliphatic rings. The fourth-order valence-corrected chi connectivity index (χ4v) is 2.76. The van der Waals surface area contributed by atoms with E-state index >= 15 is 0 Å². The van der Waals surface area contributed by atoms with Crippen LogP contribution in [-0.2, 0) is 9.59 Å². The molecule has 2 rings (SSSR count). The number of carboxylic acids is 1. The van der Waals surface area contributed by atoms with Crippen molar-refractivity contribution in [1.29, 1.82) is 0 Å². The molecule has 7 nitrogen and oxygen atoms in total. The Balaban J connectivity index is 1.99. The van der Waals surface area contributed by atoms with Gasteiger partial charge >= 0.3 is 12.0 Å². The summed E-state index contributed by atoms with van der Waals surface area (Å²) in [6, 6.07) is -1.41. The van der Waals surface area contributed by atoms with Crippen LogP contribution in [0.3, 0.4) is 0 Å². The first-order valence-corrected chi connectivity index (χ1v) is 6.55. The number of nitrogens with zero attached hydrogens (tertiary/aromatic N) is 1. The Morgan fingerprint density at radius 1 is 1.47 bits per heavy atom. The largest absolute Gasteiger partial charge is 0.480 e. The van der Waals surface area contributed by atoms with E-state index in [1.54, 1.807) is 0 Å². The van der Waals surface area contributed by atoms with Gasteiger partial charge in [-0.1, -0.05) is 6.92 Å². The van der Waals surface area contributed by atoms with Crippen molar-refractivity contribution in [2.75, 3.05) is 13.1 Å². The molecule has 0 aromatic rings. The number of rotatable bonds is 2. The molecule has 0 radical (unpaired) electrons. The van der Waals surface area contributed by atoms with Gasteiger partial charge in [-0.25, -0.2) is 9.59 Å². The zero-order valence-electron chi connectivity index (χ0n) is 10.9. The molecule has 0 saturated carbocycles. The van der Waals surface area contributed by atoms with Crippen molar-refractivity contribution < 1.29 is 19.5 Å². The number of hydrogen-bond donors (Lipinski definition) is 3. The van der Waals surface area contributed by atoms with E-state index in [-0.39, 0.29) is 30.3 Å². The quantitative estimate of drug-likeness (QED) is 0.645. The van der Waals surface area contributed by atoms with Gasteiger partial charge in [0.1, 0.15) is 6.04 Å². The molecule has 3 N–H and O–H groups in total. The third-order valence-corrected chi connectivity index (χ3v) is 3.75. The molecule has 0 spiro atoms. The van der Waals surface area contributed by atoms with Crippen molar-refractivity contribution in [3.8, 4) is 0 Å². The Morgan fingerprint density at radius 3 is 2.79 bits per heavy atom. The summed E-state index contributed by atoms with van der Waals surface area (Å²) in [5.74, 6) is -1.12. The lowest BCUT2D eigenvalue weighted by atomic mass is 9.91. The predicted molar refractivity (Wildman–Crippen MR) is 66.5 cm³/mol. The number of urea groups is 1. The Morgan fingerprint density at radius 2 is 2.21 bits per heavy atom. The third-order valence-electron chi connectivity index (χ3n) is 3.75. The van der Waals surface area contributed by atoms with Crippen molar-refractivity contribution in [1.82, 2.24) is 15.5 Å². The topological polar surface area (TPSA) is 98.7 Å². The molecule has 3 atom stereocenters. The highest BCUT2D eigenvalue weighted by Gasteiger charge is 2.38. The van der Waals surface area contributed by atoms with Gasteiger partial charge in [0.2, 0.25) is 5.91 Å². The van der Waals surface area contributed by atoms with Gasteiger partial charge in [-0.3, -0.25) is 4.79 Å². The summed E-state index contributed by atoms with van der Waals surface area (Å²) in [6.07, 6.45) is 1.87. The maximum absolute atomic E-state index is 12.1. The molecule has 7 heteroatoms. The van der Waals surface area contributed by atoms with Gasteiger partial charge in [0.15, 0.2) is 0 Å². The van der Waals surface area contributed by atoms with Gasteiger partial charge in [-0.05, 0) is 18.8 Å². The molecule has 3 unspecified atom stereocenters. The van der Waals surface area contributed by atoms with Gasteiger partial charge in [0.25, 0.3) is 0 Å². The number of carboxylic acid groups (broad SMARTS) is 1. The second kappa shape index (κ2) is 5.46. The molecular formula is C12H19N3O4. The standard InChI is InChI=1S/C12H19N3O4/c1-7-3-2-4-15(10(7)11(17)18)12(19)14-8-5-9(16)13-6-8/h7-8,10H,2-6H2,1H3,(H,13,16)(H,14,19)(H,17,18). The molecule has 2 aliphatic heterocycles. The van der Waals surface area contributed by atoms with Gasteiger partial charge in [-0.2, -0.15) is 0 Å². The lowest BCUT2D eigenvalue weighted by Gasteiger charge is -2.37. The van der Waals surface area contributed by atoms with E-state index in [0.29, 0.717) is 13.1 Å². The molecule has 0 bridgehead atoms. The summed E-state index contributed by atoms with van der Waals surface area (Å²) in [6.45, 7) is 2.70. The van der Waals surface area contributed by atoms with E-state index < -0.39 is 12.0 Å². The highest BCUT2D eigenvalue weighted by Crippen LogP contribution is 2.23. The van der Waals surface area contributed by atoms with E-state index in [1.165, 1.54) is 4.90 Å². The Hall–Kier alpha value is -1.79. The number of piperidine rings is 1. The van der Waals surface area contributed by atoms with Crippen LogP contribution in [0.5, 0.6) is 0 Å². The lowest BCUT2D eigenvalue weighted by Crippen LogP contribution is -2.56. The van der Waals surface area contributed by atoms with Crippen LogP contribution >= 0.6 is 0 Å². The average molecular weight is 269 g/mol. The molecule has 19 heavy (non-hydrogen) atoms. The first kappa shape index (κ1) is 13.6. The zero-order chi connectivity index (χ0) is 14.0. The molecule has 106 valence electrons. The van der Waals surface area contributed by atoms with Crippen LogP contribution in [-0.4, -0.2) is 53.1 Å². The minimum absolute atomic E-state index is 0.0552. The summed E-state index contributed by atoms with van der Waals surface area (Å²) in [5, 5.41) is 14.6. The summed E-state index contributed by atoms with van der Waals surface area (Å²) < 4.78 is 0. The Bertz CT molecular complexity index is 398. The van der Waals surface area contributed by atoms with E-state index in [2.05, 4.69) is 10.6 Å². The first-order valence-electron chi connectivity index (χ1n) is 6.55. The maximum atomic E-state index is 12.1. The molecule has 2 saturated heterocycles. The van der Waals surface area contributed by atoms with Crippen LogP contribution in [0.2, 0.25) is 0 Å². The Kier molecular flexibility index (Phi) is 3.92. The van der Waals surface area contributed by atoms with Gasteiger partial charge in [0, 0.05) is 19.5 Å². The third kappa shape index (κ3) is 2.97. The molecular weight excluding hydrogens is 250 g/mol. The average Bonchev–Trinajstić information content (AvgIpc) is 2.73. The predicted octanol–water partition coefficient (Wildman–Crippen LogP) is -0.230. The highest BCUT2D eigenvalue weighted by atomic mass is 16.4. The number of carbonyl (C=O) groups excluding carboxylic acids is 2. The van der Waals surface area contributed by atoms with Crippen LogP contribution in [0, 0.1) is 5.92 Å². The lowest BCUT2D eigenvalue weighted by molar-refractivity contribution is -0.145. The van der Waals surface area contributed by atoms with Crippen LogP contribution < -0.4 is 10.6 Å². The van der Waals surface area contributed by atoms with Crippen LogP contribution in [0.25, 0.3) is 0 Å². The van der Waals surface area contributed by atoms with Crippen molar-refractivity contribution in [2.24, 2.45) is 5.92 Å². The van der Waals surface area contributed by atoms with E-state index in [0.717, 1.165) is 12.8 Å². The van der Waals surface area contributed by atoms with Crippen molar-refractivity contribution >= 4 is 17.9 Å². The van der Waals surface area contributed by atoms with Crippen molar-refractivity contribution in [3.05, 3.63) is 0 Å². The second-order valence-corrected chi connectivity index (χ2v) is 5.25. The minimum Gasteiger partial charge on any atom is -0.480 e. The number of likely N-dealkylation sites (tertiary alicyclic amines) is 1. The molecule has 0 aromatic carbocycles. The van der Waals surface area contributed by atoms with E-state index in [1.807, 2.05) is 6.92 Å². The molecule has 3 amide bonds. The number of amides is 3. The van der Waals surface area contributed by atoms with Crippen molar-refractivity contribution in [3.63, 3.8) is 0 Å². The normalized spacial score (nSPS) is 30.9. The summed E-state index contributed by atoms with van der Waals surface area (Å²) in [4.78, 5) is 35.9. The molecule has 2 fully saturated rings. The van der Waals surface area contributed by atoms with Gasteiger partial charge in [-0.15, -0.1) is 0 Å². The number of nitrogens with one attached hydrogen (secondary N) is 2. The number of hydrogen-bond acceptors (Lipinski definition) is 3. The number of carbonyl (C=O) groups is 3. The van der Waals surface area contributed by atoms with Gasteiger partial charge in [0.05, 0.1) is 6.04 Å². The van der Waals surface area contributed by atoms with Crippen LogP contribution in [0.4, 0.5) is 4.79 Å². The first-order chi connectivity index (χ1) is 8.99. The number of aliphatic carboxylic acids is 1. The summed E-state index contributed by atoms with van der Waals surface area (Å²) in [5.41, 5.74) is 0. The van der Waals surface area contributed by atoms with Crippen LogP contribution in [0.15, 0.2) is 0 Å². The fourth-order valence-electron chi connectivity index (χ4n) is 2.76. The van der Waals surface area contributed by atoms with Crippen LogP contribution in [0.1, 0.15) is 26.2 Å². The molecule has 2 heterocycles. The zero-order valence-corrected chi connectivity index (χ0v) is 10.9. The highest BCUT2D eigenvalue weighted by molar-refractivity contribution is 5.85.